The van der Waals surface area contributed by atoms with E-state index in [1.165, 1.54) is 0 Å². The summed E-state index contributed by atoms with van der Waals surface area (Å²) >= 11 is 0. The third-order valence-electron chi connectivity index (χ3n) is 2.93. The summed E-state index contributed by atoms with van der Waals surface area (Å²) in [5, 5.41) is 0. The van der Waals surface area contributed by atoms with Crippen molar-refractivity contribution in [3.05, 3.63) is 35.9 Å². The van der Waals surface area contributed by atoms with E-state index >= 15 is 0 Å². The lowest BCUT2D eigenvalue weighted by Crippen LogP contribution is -2.39. The van der Waals surface area contributed by atoms with Crippen LogP contribution < -0.4 is 0 Å². The van der Waals surface area contributed by atoms with Gasteiger partial charge >= 0.3 is 0 Å². The Labute approximate surface area is 104 Å². The summed E-state index contributed by atoms with van der Waals surface area (Å²) in [7, 11) is 0. The third-order valence-corrected chi connectivity index (χ3v) is 2.93. The summed E-state index contributed by atoms with van der Waals surface area (Å²) in [5.74, 6) is -3.16. The lowest BCUT2D eigenvalue weighted by Gasteiger charge is -2.17. The Morgan fingerprint density at radius 1 is 1.00 bits per heavy atom. The van der Waals surface area contributed by atoms with Crippen LogP contribution in [0.25, 0.3) is 0 Å². The zero-order valence-electron chi connectivity index (χ0n) is 9.72. The standard InChI is InChI=1S/C14H12O4/c15-10-7-12(17)14(13(18)8-10)11(16)6-9-4-2-1-3-5-9/h1-5,14H,6-8H2. The van der Waals surface area contributed by atoms with Crippen LogP contribution in [-0.2, 0) is 25.6 Å². The molecule has 0 radical (unpaired) electrons. The third kappa shape index (κ3) is 2.59. The summed E-state index contributed by atoms with van der Waals surface area (Å²) in [6.07, 6.45) is -0.537. The minimum absolute atomic E-state index is 0.0528. The van der Waals surface area contributed by atoms with Crippen LogP contribution in [0, 0.1) is 5.92 Å². The van der Waals surface area contributed by atoms with Crippen LogP contribution in [-0.4, -0.2) is 23.1 Å². The second-order valence-electron chi connectivity index (χ2n) is 4.39. The first-order valence-corrected chi connectivity index (χ1v) is 5.71. The van der Waals surface area contributed by atoms with Gasteiger partial charge in [-0.25, -0.2) is 0 Å². The van der Waals surface area contributed by atoms with Crippen molar-refractivity contribution < 1.29 is 19.2 Å². The molecule has 0 atom stereocenters. The number of carbonyl (C=O) groups excluding carboxylic acids is 4. The fraction of sp³-hybridized carbons (Fsp3) is 0.286. The molecule has 0 aliphatic heterocycles. The first kappa shape index (κ1) is 12.4. The Balaban J connectivity index is 2.11. The van der Waals surface area contributed by atoms with Gasteiger partial charge in [0.1, 0.15) is 11.7 Å². The van der Waals surface area contributed by atoms with Crippen molar-refractivity contribution in [2.75, 3.05) is 0 Å². The highest BCUT2D eigenvalue weighted by Crippen LogP contribution is 2.18. The first-order chi connectivity index (χ1) is 8.58. The molecule has 4 nitrogen and oxygen atoms in total. The minimum Gasteiger partial charge on any atom is -0.299 e. The van der Waals surface area contributed by atoms with Gasteiger partial charge in [0.2, 0.25) is 0 Å². The number of hydrogen-bond acceptors (Lipinski definition) is 4. The molecule has 2 rings (SSSR count). The predicted molar refractivity (Wildman–Crippen MR) is 62.9 cm³/mol. The molecule has 1 aliphatic rings. The minimum atomic E-state index is -1.23. The molecule has 1 aliphatic carbocycles. The Kier molecular flexibility index (Phi) is 3.46. The number of rotatable bonds is 3. The highest BCUT2D eigenvalue weighted by molar-refractivity contribution is 6.29. The lowest BCUT2D eigenvalue weighted by molar-refractivity contribution is -0.144. The molecule has 18 heavy (non-hydrogen) atoms. The SMILES string of the molecule is O=C1CC(=O)C(C(=O)Cc2ccccc2)C(=O)C1. The highest BCUT2D eigenvalue weighted by atomic mass is 16.2. The molecular weight excluding hydrogens is 232 g/mol. The molecule has 1 fully saturated rings. The maximum Gasteiger partial charge on any atom is 0.158 e. The predicted octanol–water partition coefficient (Wildman–Crippen LogP) is 0.916. The van der Waals surface area contributed by atoms with Gasteiger partial charge in [0.05, 0.1) is 12.8 Å². The number of ketones is 4. The van der Waals surface area contributed by atoms with E-state index in [9.17, 15) is 19.2 Å². The van der Waals surface area contributed by atoms with Gasteiger partial charge in [-0.1, -0.05) is 30.3 Å². The van der Waals surface area contributed by atoms with Crippen LogP contribution in [0.1, 0.15) is 18.4 Å². The van der Waals surface area contributed by atoms with E-state index in [0.29, 0.717) is 0 Å². The Hall–Kier alpha value is -2.10. The molecule has 0 bridgehead atoms. The van der Waals surface area contributed by atoms with E-state index in [2.05, 4.69) is 0 Å². The zero-order chi connectivity index (χ0) is 13.1. The molecule has 4 heteroatoms. The van der Waals surface area contributed by atoms with Crippen LogP contribution in [0.5, 0.6) is 0 Å². The normalized spacial score (nSPS) is 17.0. The molecule has 0 aromatic heterocycles. The lowest BCUT2D eigenvalue weighted by atomic mass is 9.81. The number of hydrogen-bond donors (Lipinski definition) is 0. The molecule has 92 valence electrons. The summed E-state index contributed by atoms with van der Waals surface area (Å²) in [4.78, 5) is 46.2. The fourth-order valence-corrected chi connectivity index (χ4v) is 2.09. The zero-order valence-corrected chi connectivity index (χ0v) is 9.72. The fourth-order valence-electron chi connectivity index (χ4n) is 2.09. The van der Waals surface area contributed by atoms with Crippen molar-refractivity contribution in [2.24, 2.45) is 5.92 Å². The van der Waals surface area contributed by atoms with Crippen LogP contribution in [0.4, 0.5) is 0 Å². The molecule has 0 unspecified atom stereocenters. The summed E-state index contributed by atoms with van der Waals surface area (Å²) in [6.45, 7) is 0. The van der Waals surface area contributed by atoms with E-state index in [0.717, 1.165) is 5.56 Å². The maximum absolute atomic E-state index is 11.9. The first-order valence-electron chi connectivity index (χ1n) is 5.71. The van der Waals surface area contributed by atoms with Crippen molar-refractivity contribution in [3.8, 4) is 0 Å². The molecule has 0 N–H and O–H groups in total. The van der Waals surface area contributed by atoms with Crippen molar-refractivity contribution in [1.29, 1.82) is 0 Å². The van der Waals surface area contributed by atoms with Gasteiger partial charge < -0.3 is 0 Å². The summed E-state index contributed by atoms with van der Waals surface area (Å²) in [5.41, 5.74) is 0.764. The Morgan fingerprint density at radius 3 is 2.11 bits per heavy atom. The van der Waals surface area contributed by atoms with Crippen molar-refractivity contribution in [3.63, 3.8) is 0 Å². The number of Topliss-reactive ketones (excluding diaryl/α,β-unsaturated/α-hetero) is 4. The molecule has 0 spiro atoms. The van der Waals surface area contributed by atoms with E-state index in [-0.39, 0.29) is 19.3 Å². The largest absolute Gasteiger partial charge is 0.299 e. The topological polar surface area (TPSA) is 68.3 Å². The molecule has 1 aromatic rings. The van der Waals surface area contributed by atoms with Crippen LogP contribution in [0.15, 0.2) is 30.3 Å². The number of carbonyl (C=O) groups is 4. The molecule has 0 amide bonds. The van der Waals surface area contributed by atoms with Gasteiger partial charge in [-0.2, -0.15) is 0 Å². The summed E-state index contributed by atoms with van der Waals surface area (Å²) < 4.78 is 0. The molecule has 0 heterocycles. The summed E-state index contributed by atoms with van der Waals surface area (Å²) in [6, 6.07) is 8.93. The monoisotopic (exact) mass is 244 g/mol. The van der Waals surface area contributed by atoms with Crippen molar-refractivity contribution in [1.82, 2.24) is 0 Å². The van der Waals surface area contributed by atoms with Gasteiger partial charge in [0.15, 0.2) is 17.3 Å². The second-order valence-corrected chi connectivity index (χ2v) is 4.39. The van der Waals surface area contributed by atoms with Gasteiger partial charge in [-0.15, -0.1) is 0 Å². The maximum atomic E-state index is 11.9. The van der Waals surface area contributed by atoms with Gasteiger partial charge in [-0.3, -0.25) is 19.2 Å². The van der Waals surface area contributed by atoms with Gasteiger partial charge in [0, 0.05) is 6.42 Å². The highest BCUT2D eigenvalue weighted by Gasteiger charge is 2.38. The Morgan fingerprint density at radius 2 is 1.56 bits per heavy atom. The average molecular weight is 244 g/mol. The van der Waals surface area contributed by atoms with Gasteiger partial charge in [-0.05, 0) is 5.56 Å². The van der Waals surface area contributed by atoms with Crippen LogP contribution >= 0.6 is 0 Å². The van der Waals surface area contributed by atoms with E-state index in [1.54, 1.807) is 24.3 Å². The van der Waals surface area contributed by atoms with Crippen molar-refractivity contribution >= 4 is 23.1 Å². The Bertz CT molecular complexity index is 496. The molecular formula is C14H12O4. The average Bonchev–Trinajstić information content (AvgIpc) is 2.28. The smallest absolute Gasteiger partial charge is 0.158 e. The van der Waals surface area contributed by atoms with Gasteiger partial charge in [0.25, 0.3) is 0 Å². The molecule has 1 aromatic carbocycles. The quantitative estimate of drug-likeness (QED) is 0.741. The number of benzene rings is 1. The van der Waals surface area contributed by atoms with E-state index in [1.807, 2.05) is 6.07 Å². The van der Waals surface area contributed by atoms with Crippen LogP contribution in [0.2, 0.25) is 0 Å². The van der Waals surface area contributed by atoms with E-state index < -0.39 is 29.1 Å². The molecule has 1 saturated carbocycles. The van der Waals surface area contributed by atoms with Crippen LogP contribution in [0.3, 0.4) is 0 Å². The van der Waals surface area contributed by atoms with E-state index in [4.69, 9.17) is 0 Å². The van der Waals surface area contributed by atoms with Crippen molar-refractivity contribution in [2.45, 2.75) is 19.3 Å². The second kappa shape index (κ2) is 5.04. The molecule has 0 saturated heterocycles.